The van der Waals surface area contributed by atoms with Crippen molar-refractivity contribution in [1.82, 2.24) is 4.90 Å². The van der Waals surface area contributed by atoms with Crippen molar-refractivity contribution in [1.29, 1.82) is 0 Å². The molecule has 3 nitrogen and oxygen atoms in total. The standard InChI is InChI=1S/C23H31ClN2O/c1-15-13-26(14-16(2)27-15)21-10-11-23(25-21)19-5-4-18(12-19)22(23,3)17-6-8-20(24)9-7-17/h6-9,15-16,18-19H,4-5,10-14H2,1-3H3. The molecule has 27 heavy (non-hydrogen) atoms. The van der Waals surface area contributed by atoms with Crippen molar-refractivity contribution >= 4 is 17.4 Å². The Bertz CT molecular complexity index is 752. The van der Waals surface area contributed by atoms with Gasteiger partial charge < -0.3 is 9.64 Å². The van der Waals surface area contributed by atoms with Crippen LogP contribution in [0, 0.1) is 11.8 Å². The normalized spacial score (nSPS) is 43.6. The first-order valence-corrected chi connectivity index (χ1v) is 11.1. The van der Waals surface area contributed by atoms with Crippen molar-refractivity contribution in [2.75, 3.05) is 13.1 Å². The summed E-state index contributed by atoms with van der Waals surface area (Å²) in [7, 11) is 0. The molecule has 0 N–H and O–H groups in total. The van der Waals surface area contributed by atoms with Crippen LogP contribution in [0.25, 0.3) is 0 Å². The highest BCUT2D eigenvalue weighted by atomic mass is 35.5. The van der Waals surface area contributed by atoms with Gasteiger partial charge in [0.05, 0.1) is 23.6 Å². The van der Waals surface area contributed by atoms with Gasteiger partial charge in [0.2, 0.25) is 0 Å². The molecule has 0 aromatic heterocycles. The van der Waals surface area contributed by atoms with Gasteiger partial charge in [-0.1, -0.05) is 30.7 Å². The van der Waals surface area contributed by atoms with E-state index in [4.69, 9.17) is 21.3 Å². The number of nitrogens with zero attached hydrogens (tertiary/aromatic N) is 2. The van der Waals surface area contributed by atoms with Crippen molar-refractivity contribution < 1.29 is 4.74 Å². The second kappa shape index (κ2) is 6.22. The Labute approximate surface area is 168 Å². The summed E-state index contributed by atoms with van der Waals surface area (Å²) in [5.41, 5.74) is 1.64. The molecule has 5 rings (SSSR count). The average molecular weight is 387 g/mol. The molecule has 6 unspecified atom stereocenters. The van der Waals surface area contributed by atoms with Crippen LogP contribution in [0.4, 0.5) is 0 Å². The third kappa shape index (κ3) is 2.54. The van der Waals surface area contributed by atoms with Crippen LogP contribution in [0.15, 0.2) is 29.3 Å². The van der Waals surface area contributed by atoms with E-state index in [-0.39, 0.29) is 23.2 Å². The Morgan fingerprint density at radius 3 is 2.44 bits per heavy atom. The maximum Gasteiger partial charge on any atom is 0.0999 e. The minimum atomic E-state index is 0.0733. The van der Waals surface area contributed by atoms with Crippen molar-refractivity contribution in [2.45, 2.75) is 76.0 Å². The minimum Gasteiger partial charge on any atom is -0.372 e. The molecule has 1 spiro atoms. The Morgan fingerprint density at radius 1 is 1.07 bits per heavy atom. The van der Waals surface area contributed by atoms with Crippen LogP contribution in [0.1, 0.15) is 58.4 Å². The number of hydrogen-bond acceptors (Lipinski definition) is 3. The smallest absolute Gasteiger partial charge is 0.0999 e. The van der Waals surface area contributed by atoms with Gasteiger partial charge in [-0.05, 0) is 69.1 Å². The van der Waals surface area contributed by atoms with E-state index in [9.17, 15) is 0 Å². The second-order valence-corrected chi connectivity index (χ2v) is 9.97. The lowest BCUT2D eigenvalue weighted by molar-refractivity contribution is -0.0484. The van der Waals surface area contributed by atoms with E-state index in [2.05, 4.69) is 49.9 Å². The van der Waals surface area contributed by atoms with Gasteiger partial charge in [-0.25, -0.2) is 0 Å². The highest BCUT2D eigenvalue weighted by molar-refractivity contribution is 6.30. The minimum absolute atomic E-state index is 0.0733. The molecular weight excluding hydrogens is 356 g/mol. The number of amidine groups is 1. The van der Waals surface area contributed by atoms with Crippen LogP contribution in [-0.2, 0) is 10.2 Å². The van der Waals surface area contributed by atoms with Crippen LogP contribution in [0.5, 0.6) is 0 Å². The van der Waals surface area contributed by atoms with Crippen LogP contribution in [0.2, 0.25) is 5.02 Å². The Hall–Kier alpha value is -1.06. The molecule has 3 fully saturated rings. The predicted molar refractivity (Wildman–Crippen MR) is 111 cm³/mol. The molecule has 2 aliphatic carbocycles. The summed E-state index contributed by atoms with van der Waals surface area (Å²) in [4.78, 5) is 8.12. The quantitative estimate of drug-likeness (QED) is 0.673. The number of rotatable bonds is 1. The zero-order valence-corrected chi connectivity index (χ0v) is 17.5. The van der Waals surface area contributed by atoms with Gasteiger partial charge in [0, 0.05) is 29.9 Å². The zero-order valence-electron chi connectivity index (χ0n) is 16.7. The van der Waals surface area contributed by atoms with Gasteiger partial charge in [0.15, 0.2) is 0 Å². The Morgan fingerprint density at radius 2 is 1.74 bits per heavy atom. The second-order valence-electron chi connectivity index (χ2n) is 9.53. The fourth-order valence-electron chi connectivity index (χ4n) is 6.93. The largest absolute Gasteiger partial charge is 0.372 e. The fourth-order valence-corrected chi connectivity index (χ4v) is 7.06. The molecule has 6 atom stereocenters. The van der Waals surface area contributed by atoms with Gasteiger partial charge in [-0.3, -0.25) is 4.99 Å². The van der Waals surface area contributed by atoms with Gasteiger partial charge in [-0.2, -0.15) is 0 Å². The summed E-state index contributed by atoms with van der Waals surface area (Å²) in [5.74, 6) is 2.82. The average Bonchev–Trinajstić information content (AvgIpc) is 3.33. The first-order valence-electron chi connectivity index (χ1n) is 10.7. The first kappa shape index (κ1) is 18.0. The number of morpholine rings is 1. The van der Waals surface area contributed by atoms with Crippen molar-refractivity contribution in [3.63, 3.8) is 0 Å². The maximum atomic E-state index is 6.20. The van der Waals surface area contributed by atoms with Crippen LogP contribution in [0.3, 0.4) is 0 Å². The maximum absolute atomic E-state index is 6.20. The lowest BCUT2D eigenvalue weighted by Gasteiger charge is -2.48. The van der Waals surface area contributed by atoms with Crippen molar-refractivity contribution in [3.05, 3.63) is 34.9 Å². The third-order valence-electron chi connectivity index (χ3n) is 8.11. The Kier molecular flexibility index (Phi) is 4.15. The molecule has 2 saturated carbocycles. The SMILES string of the molecule is CC1CN(C2=NC3(CC2)C2CCC(C2)C3(C)c2ccc(Cl)cc2)CC(C)O1. The van der Waals surface area contributed by atoms with E-state index in [1.54, 1.807) is 0 Å². The molecule has 1 saturated heterocycles. The lowest BCUT2D eigenvalue weighted by Crippen LogP contribution is -2.52. The molecular formula is C23H31ClN2O. The summed E-state index contributed by atoms with van der Waals surface area (Å²) >= 11 is 6.20. The summed E-state index contributed by atoms with van der Waals surface area (Å²) in [6, 6.07) is 8.65. The number of fused-ring (bicyclic) bond motifs is 3. The van der Waals surface area contributed by atoms with Crippen molar-refractivity contribution in [3.8, 4) is 0 Å². The van der Waals surface area contributed by atoms with E-state index in [0.717, 1.165) is 36.4 Å². The Balaban J connectivity index is 1.54. The van der Waals surface area contributed by atoms with Crippen LogP contribution >= 0.6 is 11.6 Å². The monoisotopic (exact) mass is 386 g/mol. The molecule has 1 aromatic rings. The number of benzene rings is 1. The molecule has 146 valence electrons. The molecule has 4 aliphatic rings. The number of aliphatic imine (C=N–C) groups is 1. The van der Waals surface area contributed by atoms with Gasteiger partial charge in [0.25, 0.3) is 0 Å². The molecule has 0 radical (unpaired) electrons. The van der Waals surface area contributed by atoms with Gasteiger partial charge in [-0.15, -0.1) is 0 Å². The van der Waals surface area contributed by atoms with E-state index in [1.807, 2.05) is 0 Å². The molecule has 2 heterocycles. The van der Waals surface area contributed by atoms with E-state index in [1.165, 1.54) is 37.1 Å². The number of ether oxygens (including phenoxy) is 1. The highest BCUT2D eigenvalue weighted by Gasteiger charge is 2.67. The van der Waals surface area contributed by atoms with E-state index < -0.39 is 0 Å². The molecule has 1 aromatic carbocycles. The summed E-state index contributed by atoms with van der Waals surface area (Å²) in [6.07, 6.45) is 6.93. The van der Waals surface area contributed by atoms with Gasteiger partial charge in [0.1, 0.15) is 0 Å². The first-order chi connectivity index (χ1) is 12.9. The topological polar surface area (TPSA) is 24.8 Å². The van der Waals surface area contributed by atoms with Crippen molar-refractivity contribution in [2.24, 2.45) is 16.8 Å². The van der Waals surface area contributed by atoms with Crippen LogP contribution < -0.4 is 0 Å². The van der Waals surface area contributed by atoms with Crippen LogP contribution in [-0.4, -0.2) is 41.6 Å². The molecule has 0 amide bonds. The summed E-state index contributed by atoms with van der Waals surface area (Å²) in [5, 5.41) is 0.825. The fraction of sp³-hybridized carbons (Fsp3) is 0.696. The third-order valence-corrected chi connectivity index (χ3v) is 8.36. The van der Waals surface area contributed by atoms with E-state index in [0.29, 0.717) is 0 Å². The number of hydrogen-bond donors (Lipinski definition) is 0. The van der Waals surface area contributed by atoms with E-state index >= 15 is 0 Å². The summed E-state index contributed by atoms with van der Waals surface area (Å²) in [6.45, 7) is 8.82. The summed E-state index contributed by atoms with van der Waals surface area (Å²) < 4.78 is 5.95. The molecule has 4 heteroatoms. The lowest BCUT2D eigenvalue weighted by atomic mass is 9.58. The highest BCUT2D eigenvalue weighted by Crippen LogP contribution is 2.66. The number of halogens is 1. The molecule has 2 bridgehead atoms. The predicted octanol–water partition coefficient (Wildman–Crippen LogP) is 5.07. The molecule has 2 aliphatic heterocycles. The van der Waals surface area contributed by atoms with Gasteiger partial charge >= 0.3 is 0 Å². The zero-order chi connectivity index (χ0) is 18.8.